The van der Waals surface area contributed by atoms with E-state index in [0.717, 1.165) is 12.8 Å². The monoisotopic (exact) mass is 315 g/mol. The maximum Gasteiger partial charge on any atom is 0.308 e. The Kier molecular flexibility index (Phi) is 4.89. The number of halogens is 2. The van der Waals surface area contributed by atoms with E-state index < -0.39 is 11.9 Å². The third kappa shape index (κ3) is 3.44. The molecule has 2 atom stereocenters. The number of rotatable bonds is 3. The largest absolute Gasteiger partial charge is 0.481 e. The summed E-state index contributed by atoms with van der Waals surface area (Å²) in [5.74, 6) is -1.78. The van der Waals surface area contributed by atoms with Gasteiger partial charge in [-0.15, -0.1) is 0 Å². The molecule has 4 nitrogen and oxygen atoms in total. The van der Waals surface area contributed by atoms with Crippen LogP contribution in [0, 0.1) is 5.92 Å². The number of aliphatic carboxylic acids is 1. The fourth-order valence-corrected chi connectivity index (χ4v) is 2.89. The summed E-state index contributed by atoms with van der Waals surface area (Å²) in [5.41, 5.74) is 0.272. The molecule has 108 valence electrons. The lowest BCUT2D eigenvalue weighted by Crippen LogP contribution is -2.45. The Balaban J connectivity index is 2.13. The third-order valence-corrected chi connectivity index (χ3v) is 4.14. The number of nitrogens with one attached hydrogen (secondary N) is 1. The standard InChI is InChI=1S/C14H15Cl2NO3/c15-8-5-6-11(16)10(7-8)13(18)17-12-4-2-1-3-9(12)14(19)20/h5-7,9,12H,1-4H2,(H,17,18)(H,19,20). The Morgan fingerprint density at radius 2 is 1.90 bits per heavy atom. The molecule has 2 unspecified atom stereocenters. The summed E-state index contributed by atoms with van der Waals surface area (Å²) in [6, 6.07) is 4.27. The lowest BCUT2D eigenvalue weighted by Gasteiger charge is -2.29. The van der Waals surface area contributed by atoms with Crippen molar-refractivity contribution in [3.63, 3.8) is 0 Å². The molecule has 0 radical (unpaired) electrons. The van der Waals surface area contributed by atoms with Crippen LogP contribution in [0.4, 0.5) is 0 Å². The van der Waals surface area contributed by atoms with Gasteiger partial charge in [0.05, 0.1) is 16.5 Å². The summed E-state index contributed by atoms with van der Waals surface area (Å²) < 4.78 is 0. The quantitative estimate of drug-likeness (QED) is 0.898. The number of carbonyl (C=O) groups is 2. The van der Waals surface area contributed by atoms with Crippen LogP contribution in [0.5, 0.6) is 0 Å². The van der Waals surface area contributed by atoms with Crippen LogP contribution in [0.2, 0.25) is 10.0 Å². The second kappa shape index (κ2) is 6.46. The van der Waals surface area contributed by atoms with Crippen molar-refractivity contribution in [2.24, 2.45) is 5.92 Å². The topological polar surface area (TPSA) is 66.4 Å². The molecule has 0 bridgehead atoms. The lowest BCUT2D eigenvalue weighted by molar-refractivity contribution is -0.143. The van der Waals surface area contributed by atoms with E-state index in [1.165, 1.54) is 6.07 Å². The minimum absolute atomic E-state index is 0.272. The first-order valence-electron chi connectivity index (χ1n) is 6.48. The first-order valence-corrected chi connectivity index (χ1v) is 7.23. The van der Waals surface area contributed by atoms with Crippen molar-refractivity contribution < 1.29 is 14.7 Å². The van der Waals surface area contributed by atoms with Crippen molar-refractivity contribution in [1.82, 2.24) is 5.32 Å². The molecular formula is C14H15Cl2NO3. The van der Waals surface area contributed by atoms with Gasteiger partial charge in [0.15, 0.2) is 0 Å². The molecule has 0 aromatic heterocycles. The maximum atomic E-state index is 12.2. The predicted octanol–water partition coefficient (Wildman–Crippen LogP) is 3.37. The van der Waals surface area contributed by atoms with Crippen LogP contribution in [0.15, 0.2) is 18.2 Å². The first kappa shape index (κ1) is 15.1. The summed E-state index contributed by atoms with van der Waals surface area (Å²) >= 11 is 11.8. The van der Waals surface area contributed by atoms with E-state index in [0.29, 0.717) is 22.9 Å². The highest BCUT2D eigenvalue weighted by Gasteiger charge is 2.32. The van der Waals surface area contributed by atoms with Gasteiger partial charge in [0.1, 0.15) is 0 Å². The van der Waals surface area contributed by atoms with Gasteiger partial charge in [0, 0.05) is 11.1 Å². The number of carboxylic acid groups (broad SMARTS) is 1. The lowest BCUT2D eigenvalue weighted by atomic mass is 9.84. The van der Waals surface area contributed by atoms with Gasteiger partial charge >= 0.3 is 5.97 Å². The molecular weight excluding hydrogens is 301 g/mol. The van der Waals surface area contributed by atoms with Gasteiger partial charge in [-0.1, -0.05) is 36.0 Å². The van der Waals surface area contributed by atoms with Crippen molar-refractivity contribution in [3.05, 3.63) is 33.8 Å². The molecule has 6 heteroatoms. The fourth-order valence-electron chi connectivity index (χ4n) is 2.52. The summed E-state index contributed by atoms with van der Waals surface area (Å²) in [6.07, 6.45) is 3.05. The molecule has 1 aliphatic carbocycles. The highest BCUT2D eigenvalue weighted by Crippen LogP contribution is 2.26. The number of amides is 1. The van der Waals surface area contributed by atoms with E-state index in [1.807, 2.05) is 0 Å². The van der Waals surface area contributed by atoms with Gasteiger partial charge in [0.25, 0.3) is 5.91 Å². The Morgan fingerprint density at radius 3 is 2.60 bits per heavy atom. The number of carboxylic acids is 1. The van der Waals surface area contributed by atoms with Crippen molar-refractivity contribution >= 4 is 35.1 Å². The molecule has 1 saturated carbocycles. The minimum atomic E-state index is -0.868. The van der Waals surface area contributed by atoms with E-state index in [1.54, 1.807) is 12.1 Å². The normalized spacial score (nSPS) is 22.3. The highest BCUT2D eigenvalue weighted by atomic mass is 35.5. The maximum absolute atomic E-state index is 12.2. The molecule has 20 heavy (non-hydrogen) atoms. The van der Waals surface area contributed by atoms with Crippen molar-refractivity contribution in [2.75, 3.05) is 0 Å². The smallest absolute Gasteiger partial charge is 0.308 e. The highest BCUT2D eigenvalue weighted by molar-refractivity contribution is 6.35. The van der Waals surface area contributed by atoms with Crippen LogP contribution < -0.4 is 5.32 Å². The van der Waals surface area contributed by atoms with Gasteiger partial charge in [-0.2, -0.15) is 0 Å². The second-order valence-electron chi connectivity index (χ2n) is 4.93. The third-order valence-electron chi connectivity index (χ3n) is 3.57. The summed E-state index contributed by atoms with van der Waals surface area (Å²) in [6.45, 7) is 0. The van der Waals surface area contributed by atoms with Gasteiger partial charge in [-0.3, -0.25) is 9.59 Å². The Bertz CT molecular complexity index is 533. The zero-order valence-electron chi connectivity index (χ0n) is 10.7. The molecule has 1 fully saturated rings. The molecule has 2 rings (SSSR count). The van der Waals surface area contributed by atoms with E-state index in [9.17, 15) is 14.7 Å². The molecule has 0 spiro atoms. The summed E-state index contributed by atoms with van der Waals surface area (Å²) in [7, 11) is 0. The first-order chi connectivity index (χ1) is 9.49. The van der Waals surface area contributed by atoms with Crippen LogP contribution in [0.25, 0.3) is 0 Å². The molecule has 0 saturated heterocycles. The van der Waals surface area contributed by atoms with E-state index >= 15 is 0 Å². The van der Waals surface area contributed by atoms with Crippen LogP contribution in [-0.4, -0.2) is 23.0 Å². The molecule has 1 amide bonds. The van der Waals surface area contributed by atoms with Crippen LogP contribution in [0.1, 0.15) is 36.0 Å². The van der Waals surface area contributed by atoms with E-state index in [4.69, 9.17) is 23.2 Å². The molecule has 2 N–H and O–H groups in total. The van der Waals surface area contributed by atoms with Crippen LogP contribution in [-0.2, 0) is 4.79 Å². The van der Waals surface area contributed by atoms with Crippen molar-refractivity contribution in [1.29, 1.82) is 0 Å². The number of hydrogen-bond acceptors (Lipinski definition) is 2. The Morgan fingerprint density at radius 1 is 1.20 bits per heavy atom. The second-order valence-corrected chi connectivity index (χ2v) is 5.78. The molecule has 1 aromatic carbocycles. The van der Waals surface area contributed by atoms with Crippen molar-refractivity contribution in [2.45, 2.75) is 31.7 Å². The van der Waals surface area contributed by atoms with Gasteiger partial charge in [-0.25, -0.2) is 0 Å². The summed E-state index contributed by atoms with van der Waals surface area (Å²) in [5, 5.41) is 12.7. The minimum Gasteiger partial charge on any atom is -0.481 e. The zero-order valence-corrected chi connectivity index (χ0v) is 12.2. The number of carbonyl (C=O) groups excluding carboxylic acids is 1. The van der Waals surface area contributed by atoms with Gasteiger partial charge in [-0.05, 0) is 31.0 Å². The Hall–Kier alpha value is -1.26. The van der Waals surface area contributed by atoms with Crippen LogP contribution in [0.3, 0.4) is 0 Å². The van der Waals surface area contributed by atoms with Crippen molar-refractivity contribution in [3.8, 4) is 0 Å². The molecule has 0 heterocycles. The summed E-state index contributed by atoms with van der Waals surface area (Å²) in [4.78, 5) is 23.4. The van der Waals surface area contributed by atoms with Gasteiger partial charge < -0.3 is 10.4 Å². The zero-order chi connectivity index (χ0) is 14.7. The average molecular weight is 316 g/mol. The van der Waals surface area contributed by atoms with Gasteiger partial charge in [0.2, 0.25) is 0 Å². The number of benzene rings is 1. The number of hydrogen-bond donors (Lipinski definition) is 2. The molecule has 1 aromatic rings. The van der Waals surface area contributed by atoms with E-state index in [2.05, 4.69) is 5.32 Å². The predicted molar refractivity (Wildman–Crippen MR) is 77.3 cm³/mol. The van der Waals surface area contributed by atoms with E-state index in [-0.39, 0.29) is 17.5 Å². The Labute approximate surface area is 127 Å². The fraction of sp³-hybridized carbons (Fsp3) is 0.429. The molecule has 0 aliphatic heterocycles. The average Bonchev–Trinajstić information content (AvgIpc) is 2.41. The van der Waals surface area contributed by atoms with Crippen LogP contribution >= 0.6 is 23.2 Å². The SMILES string of the molecule is O=C(NC1CCCCC1C(=O)O)c1cc(Cl)ccc1Cl. The molecule has 1 aliphatic rings.